The molecule has 0 aliphatic carbocycles. The number of nitrogens with one attached hydrogen (secondary N) is 1. The Labute approximate surface area is 122 Å². The monoisotopic (exact) mass is 290 g/mol. The SMILES string of the molecule is CC(C)(C)c1cc(C(=O)NCc2nccs2)cc(N)n1. The highest BCUT2D eigenvalue weighted by molar-refractivity contribution is 7.09. The summed E-state index contributed by atoms with van der Waals surface area (Å²) in [6, 6.07) is 3.37. The first-order chi connectivity index (χ1) is 9.36. The van der Waals surface area contributed by atoms with E-state index in [1.807, 2.05) is 26.2 Å². The summed E-state index contributed by atoms with van der Waals surface area (Å²) < 4.78 is 0. The maximum absolute atomic E-state index is 12.2. The van der Waals surface area contributed by atoms with Crippen LogP contribution in [-0.4, -0.2) is 15.9 Å². The van der Waals surface area contributed by atoms with Crippen LogP contribution in [0, 0.1) is 0 Å². The van der Waals surface area contributed by atoms with Crippen molar-refractivity contribution in [1.29, 1.82) is 0 Å². The molecule has 1 amide bonds. The summed E-state index contributed by atoms with van der Waals surface area (Å²) in [5.74, 6) is 0.191. The summed E-state index contributed by atoms with van der Waals surface area (Å²) in [6.45, 7) is 6.52. The first-order valence-electron chi connectivity index (χ1n) is 6.31. The number of aromatic nitrogens is 2. The van der Waals surface area contributed by atoms with Gasteiger partial charge in [0.15, 0.2) is 0 Å². The Balaban J connectivity index is 2.15. The molecule has 0 saturated carbocycles. The second-order valence-corrected chi connectivity index (χ2v) is 6.50. The number of carbonyl (C=O) groups excluding carboxylic acids is 1. The molecule has 0 bridgehead atoms. The van der Waals surface area contributed by atoms with E-state index in [0.717, 1.165) is 10.7 Å². The van der Waals surface area contributed by atoms with E-state index >= 15 is 0 Å². The molecule has 0 aromatic carbocycles. The highest BCUT2D eigenvalue weighted by atomic mass is 32.1. The van der Waals surface area contributed by atoms with Crippen LogP contribution in [0.2, 0.25) is 0 Å². The van der Waals surface area contributed by atoms with Crippen molar-refractivity contribution in [1.82, 2.24) is 15.3 Å². The summed E-state index contributed by atoms with van der Waals surface area (Å²) in [7, 11) is 0. The Bertz CT molecular complexity index is 602. The van der Waals surface area contributed by atoms with Crippen LogP contribution in [0.1, 0.15) is 41.8 Å². The molecule has 0 radical (unpaired) electrons. The number of anilines is 1. The Morgan fingerprint density at radius 1 is 1.40 bits per heavy atom. The van der Waals surface area contributed by atoms with E-state index in [0.29, 0.717) is 17.9 Å². The lowest BCUT2D eigenvalue weighted by Gasteiger charge is -2.19. The number of amides is 1. The number of carbonyl (C=O) groups is 1. The number of thiazole rings is 1. The average molecular weight is 290 g/mol. The Morgan fingerprint density at radius 2 is 2.15 bits per heavy atom. The molecule has 0 aliphatic rings. The van der Waals surface area contributed by atoms with E-state index in [-0.39, 0.29) is 11.3 Å². The van der Waals surface area contributed by atoms with Gasteiger partial charge in [-0.05, 0) is 12.1 Å². The van der Waals surface area contributed by atoms with Crippen molar-refractivity contribution in [3.8, 4) is 0 Å². The van der Waals surface area contributed by atoms with Gasteiger partial charge in [0.05, 0.1) is 6.54 Å². The molecule has 2 aromatic heterocycles. The van der Waals surface area contributed by atoms with E-state index in [2.05, 4.69) is 15.3 Å². The van der Waals surface area contributed by atoms with E-state index < -0.39 is 0 Å². The molecular formula is C14H18N4OS. The topological polar surface area (TPSA) is 80.9 Å². The maximum Gasteiger partial charge on any atom is 0.251 e. The number of nitrogens with zero attached hydrogens (tertiary/aromatic N) is 2. The van der Waals surface area contributed by atoms with Gasteiger partial charge in [0, 0.05) is 28.2 Å². The van der Waals surface area contributed by atoms with Gasteiger partial charge in [-0.2, -0.15) is 0 Å². The highest BCUT2D eigenvalue weighted by Crippen LogP contribution is 2.22. The lowest BCUT2D eigenvalue weighted by Crippen LogP contribution is -2.24. The Hall–Kier alpha value is -1.95. The maximum atomic E-state index is 12.2. The molecule has 0 fully saturated rings. The Morgan fingerprint density at radius 3 is 2.75 bits per heavy atom. The zero-order valence-corrected chi connectivity index (χ0v) is 12.6. The van der Waals surface area contributed by atoms with Gasteiger partial charge < -0.3 is 11.1 Å². The molecule has 3 N–H and O–H groups in total. The summed E-state index contributed by atoms with van der Waals surface area (Å²) in [5.41, 5.74) is 6.96. The van der Waals surface area contributed by atoms with Gasteiger partial charge in [-0.1, -0.05) is 20.8 Å². The lowest BCUT2D eigenvalue weighted by molar-refractivity contribution is 0.0950. The van der Waals surface area contributed by atoms with E-state index in [9.17, 15) is 4.79 Å². The molecule has 20 heavy (non-hydrogen) atoms. The largest absolute Gasteiger partial charge is 0.384 e. The summed E-state index contributed by atoms with van der Waals surface area (Å²) in [6.07, 6.45) is 1.72. The lowest BCUT2D eigenvalue weighted by atomic mass is 9.90. The van der Waals surface area contributed by atoms with Gasteiger partial charge in [-0.3, -0.25) is 4.79 Å². The second-order valence-electron chi connectivity index (χ2n) is 5.52. The second kappa shape index (κ2) is 5.58. The van der Waals surface area contributed by atoms with Crippen LogP contribution in [0.5, 0.6) is 0 Å². The Kier molecular flexibility index (Phi) is 4.04. The normalized spacial score (nSPS) is 11.3. The standard InChI is InChI=1S/C14H18N4OS/c1-14(2,3)10-6-9(7-11(15)18-10)13(19)17-8-12-16-4-5-20-12/h4-7H,8H2,1-3H3,(H2,15,18)(H,17,19). The van der Waals surface area contributed by atoms with Gasteiger partial charge in [0.1, 0.15) is 10.8 Å². The van der Waals surface area contributed by atoms with Gasteiger partial charge in [-0.25, -0.2) is 9.97 Å². The number of hydrogen-bond acceptors (Lipinski definition) is 5. The molecule has 0 saturated heterocycles. The van der Waals surface area contributed by atoms with Gasteiger partial charge in [0.2, 0.25) is 0 Å². The van der Waals surface area contributed by atoms with Crippen molar-refractivity contribution in [3.63, 3.8) is 0 Å². The first kappa shape index (κ1) is 14.5. The van der Waals surface area contributed by atoms with Gasteiger partial charge in [0.25, 0.3) is 5.91 Å². The highest BCUT2D eigenvalue weighted by Gasteiger charge is 2.18. The van der Waals surface area contributed by atoms with Crippen molar-refractivity contribution < 1.29 is 4.79 Å². The molecule has 2 rings (SSSR count). The predicted molar refractivity (Wildman–Crippen MR) is 80.6 cm³/mol. The fraction of sp³-hybridized carbons (Fsp3) is 0.357. The molecule has 2 heterocycles. The molecule has 2 aromatic rings. The molecule has 5 nitrogen and oxygen atoms in total. The van der Waals surface area contributed by atoms with Crippen molar-refractivity contribution in [3.05, 3.63) is 40.0 Å². The number of rotatable bonds is 3. The first-order valence-corrected chi connectivity index (χ1v) is 7.19. The van der Waals surface area contributed by atoms with Crippen LogP contribution in [-0.2, 0) is 12.0 Å². The zero-order valence-electron chi connectivity index (χ0n) is 11.8. The minimum atomic E-state index is -0.167. The third-order valence-corrected chi connectivity index (χ3v) is 3.54. The fourth-order valence-corrected chi connectivity index (χ4v) is 2.22. The quantitative estimate of drug-likeness (QED) is 0.909. The van der Waals surface area contributed by atoms with Crippen molar-refractivity contribution in [2.45, 2.75) is 32.7 Å². The van der Waals surface area contributed by atoms with E-state index in [1.54, 1.807) is 18.3 Å². The number of nitrogens with two attached hydrogens (primary N) is 1. The van der Waals surface area contributed by atoms with E-state index in [4.69, 9.17) is 5.73 Å². The van der Waals surface area contributed by atoms with Crippen LogP contribution in [0.3, 0.4) is 0 Å². The molecule has 0 atom stereocenters. The number of nitrogen functional groups attached to an aromatic ring is 1. The smallest absolute Gasteiger partial charge is 0.251 e. The zero-order chi connectivity index (χ0) is 14.8. The van der Waals surface area contributed by atoms with Gasteiger partial charge >= 0.3 is 0 Å². The number of hydrogen-bond donors (Lipinski definition) is 2. The van der Waals surface area contributed by atoms with Crippen LogP contribution in [0.15, 0.2) is 23.7 Å². The molecule has 0 aliphatic heterocycles. The van der Waals surface area contributed by atoms with E-state index in [1.165, 1.54) is 11.3 Å². The molecule has 6 heteroatoms. The van der Waals surface area contributed by atoms with Crippen LogP contribution in [0.25, 0.3) is 0 Å². The summed E-state index contributed by atoms with van der Waals surface area (Å²) >= 11 is 1.51. The third-order valence-electron chi connectivity index (χ3n) is 2.76. The summed E-state index contributed by atoms with van der Waals surface area (Å²) in [5, 5.41) is 5.58. The minimum Gasteiger partial charge on any atom is -0.384 e. The average Bonchev–Trinajstić information content (AvgIpc) is 2.87. The van der Waals surface area contributed by atoms with Crippen LogP contribution < -0.4 is 11.1 Å². The molecule has 0 spiro atoms. The van der Waals surface area contributed by atoms with Crippen LogP contribution >= 0.6 is 11.3 Å². The molecule has 106 valence electrons. The molecule has 0 unspecified atom stereocenters. The molecular weight excluding hydrogens is 272 g/mol. The number of pyridine rings is 1. The van der Waals surface area contributed by atoms with Crippen molar-refractivity contribution in [2.24, 2.45) is 0 Å². The van der Waals surface area contributed by atoms with Crippen LogP contribution in [0.4, 0.5) is 5.82 Å². The minimum absolute atomic E-state index is 0.153. The third kappa shape index (κ3) is 3.54. The van der Waals surface area contributed by atoms with Crippen molar-refractivity contribution in [2.75, 3.05) is 5.73 Å². The van der Waals surface area contributed by atoms with Crippen molar-refractivity contribution >= 4 is 23.1 Å². The summed E-state index contributed by atoms with van der Waals surface area (Å²) in [4.78, 5) is 20.6. The predicted octanol–water partition coefficient (Wildman–Crippen LogP) is 2.35. The fourth-order valence-electron chi connectivity index (χ4n) is 1.67. The van der Waals surface area contributed by atoms with Gasteiger partial charge in [-0.15, -0.1) is 11.3 Å².